The summed E-state index contributed by atoms with van der Waals surface area (Å²) in [7, 11) is 0. The predicted molar refractivity (Wildman–Crippen MR) is 81.8 cm³/mol. The largest absolute Gasteiger partial charge is 0.493 e. The average Bonchev–Trinajstić information content (AvgIpc) is 2.86. The number of carbonyl (C=O) groups is 1. The van der Waals surface area contributed by atoms with Crippen LogP contribution in [-0.2, 0) is 6.42 Å². The Morgan fingerprint density at radius 1 is 1.05 bits per heavy atom. The minimum absolute atomic E-state index is 0.256. The van der Waals surface area contributed by atoms with Gasteiger partial charge in [0.1, 0.15) is 5.75 Å². The van der Waals surface area contributed by atoms with Crippen LogP contribution < -0.4 is 4.74 Å². The van der Waals surface area contributed by atoms with Gasteiger partial charge in [-0.1, -0.05) is 18.2 Å². The molecule has 3 heteroatoms. The van der Waals surface area contributed by atoms with E-state index in [1.807, 2.05) is 36.4 Å². The Morgan fingerprint density at radius 2 is 1.90 bits per heavy atom. The Hall–Kier alpha value is -1.74. The Kier molecular flexibility index (Phi) is 4.07. The molecule has 1 aliphatic carbocycles. The highest BCUT2D eigenvalue weighted by atomic mass is 32.2. The molecule has 2 nitrogen and oxygen atoms in total. The molecule has 0 heterocycles. The number of hydrogen-bond donors (Lipinski definition) is 0. The maximum atomic E-state index is 11.5. The average molecular weight is 284 g/mol. The summed E-state index contributed by atoms with van der Waals surface area (Å²) >= 11 is 1.79. The van der Waals surface area contributed by atoms with Crippen LogP contribution in [0.5, 0.6) is 5.75 Å². The molecule has 0 atom stereocenters. The van der Waals surface area contributed by atoms with Crippen molar-refractivity contribution in [3.8, 4) is 5.75 Å². The van der Waals surface area contributed by atoms with Crippen LogP contribution in [0.2, 0.25) is 0 Å². The molecule has 102 valence electrons. The molecule has 0 aliphatic heterocycles. The van der Waals surface area contributed by atoms with Crippen LogP contribution in [0, 0.1) is 0 Å². The highest BCUT2D eigenvalue weighted by Gasteiger charge is 2.19. The van der Waals surface area contributed by atoms with Gasteiger partial charge in [-0.2, -0.15) is 0 Å². The fourth-order valence-electron chi connectivity index (χ4n) is 2.36. The summed E-state index contributed by atoms with van der Waals surface area (Å²) < 4.78 is 5.76. The van der Waals surface area contributed by atoms with Crippen LogP contribution in [0.1, 0.15) is 22.3 Å². The molecule has 0 saturated heterocycles. The normalized spacial score (nSPS) is 13.3. The zero-order valence-corrected chi connectivity index (χ0v) is 12.0. The maximum Gasteiger partial charge on any atom is 0.163 e. The van der Waals surface area contributed by atoms with E-state index in [9.17, 15) is 4.79 Å². The molecule has 0 N–H and O–H groups in total. The molecule has 0 amide bonds. The van der Waals surface area contributed by atoms with E-state index in [2.05, 4.69) is 12.1 Å². The van der Waals surface area contributed by atoms with Crippen molar-refractivity contribution >= 4 is 17.5 Å². The highest BCUT2D eigenvalue weighted by molar-refractivity contribution is 7.99. The molecule has 20 heavy (non-hydrogen) atoms. The minimum atomic E-state index is 0.256. The van der Waals surface area contributed by atoms with Gasteiger partial charge in [0.15, 0.2) is 5.78 Å². The van der Waals surface area contributed by atoms with Gasteiger partial charge in [0, 0.05) is 22.6 Å². The lowest BCUT2D eigenvalue weighted by molar-refractivity contribution is 0.0994. The summed E-state index contributed by atoms with van der Waals surface area (Å²) in [5.41, 5.74) is 2.00. The number of carbonyl (C=O) groups excluding carboxylic acids is 1. The number of ketones is 1. The van der Waals surface area contributed by atoms with Crippen molar-refractivity contribution in [3.63, 3.8) is 0 Å². The fourth-order valence-corrected chi connectivity index (χ4v) is 3.11. The molecule has 1 aliphatic rings. The Labute approximate surface area is 123 Å². The van der Waals surface area contributed by atoms with E-state index in [1.165, 1.54) is 4.90 Å². The third kappa shape index (κ3) is 3.05. The van der Waals surface area contributed by atoms with E-state index in [-0.39, 0.29) is 5.78 Å². The van der Waals surface area contributed by atoms with Crippen LogP contribution in [0.25, 0.3) is 0 Å². The predicted octanol–water partition coefficient (Wildman–Crippen LogP) is 3.99. The van der Waals surface area contributed by atoms with Gasteiger partial charge < -0.3 is 4.74 Å². The molecule has 2 aromatic rings. The number of rotatable bonds is 5. The zero-order chi connectivity index (χ0) is 13.8. The highest BCUT2D eigenvalue weighted by Crippen LogP contribution is 2.26. The van der Waals surface area contributed by atoms with Crippen LogP contribution in [0.4, 0.5) is 0 Å². The summed E-state index contributed by atoms with van der Waals surface area (Å²) in [6.07, 6.45) is 1.49. The number of benzene rings is 2. The topological polar surface area (TPSA) is 26.3 Å². The lowest BCUT2D eigenvalue weighted by Crippen LogP contribution is -2.01. The van der Waals surface area contributed by atoms with Gasteiger partial charge in [-0.25, -0.2) is 0 Å². The van der Waals surface area contributed by atoms with Gasteiger partial charge in [-0.15, -0.1) is 11.8 Å². The van der Waals surface area contributed by atoms with Crippen LogP contribution >= 0.6 is 11.8 Å². The van der Waals surface area contributed by atoms with Crippen molar-refractivity contribution in [2.75, 3.05) is 12.4 Å². The number of fused-ring (bicyclic) bond motifs is 1. The SMILES string of the molecule is O=C1CCc2cc(OCCSc3ccccc3)ccc21. The molecule has 0 unspecified atom stereocenters. The number of ether oxygens (including phenoxy) is 1. The quantitative estimate of drug-likeness (QED) is 0.613. The Bertz CT molecular complexity index is 608. The van der Waals surface area contributed by atoms with Gasteiger partial charge in [0.2, 0.25) is 0 Å². The van der Waals surface area contributed by atoms with Crippen molar-refractivity contribution in [1.29, 1.82) is 0 Å². The van der Waals surface area contributed by atoms with E-state index < -0.39 is 0 Å². The molecule has 0 spiro atoms. The Morgan fingerprint density at radius 3 is 2.75 bits per heavy atom. The summed E-state index contributed by atoms with van der Waals surface area (Å²) in [6.45, 7) is 0.673. The summed E-state index contributed by atoms with van der Waals surface area (Å²) in [5.74, 6) is 2.04. The van der Waals surface area contributed by atoms with Crippen molar-refractivity contribution in [2.45, 2.75) is 17.7 Å². The van der Waals surface area contributed by atoms with E-state index in [0.29, 0.717) is 13.0 Å². The molecule has 0 aromatic heterocycles. The minimum Gasteiger partial charge on any atom is -0.493 e. The zero-order valence-electron chi connectivity index (χ0n) is 11.2. The van der Waals surface area contributed by atoms with Gasteiger partial charge in [-0.05, 0) is 42.3 Å². The summed E-state index contributed by atoms with van der Waals surface area (Å²) in [5, 5.41) is 0. The smallest absolute Gasteiger partial charge is 0.163 e. The van der Waals surface area contributed by atoms with Crippen molar-refractivity contribution in [2.24, 2.45) is 0 Å². The van der Waals surface area contributed by atoms with E-state index in [1.54, 1.807) is 11.8 Å². The van der Waals surface area contributed by atoms with Gasteiger partial charge in [-0.3, -0.25) is 4.79 Å². The summed E-state index contributed by atoms with van der Waals surface area (Å²) in [4.78, 5) is 12.8. The van der Waals surface area contributed by atoms with E-state index in [0.717, 1.165) is 29.1 Å². The molecule has 2 aromatic carbocycles. The fraction of sp³-hybridized carbons (Fsp3) is 0.235. The second kappa shape index (κ2) is 6.14. The lowest BCUT2D eigenvalue weighted by Gasteiger charge is -2.07. The first-order valence-corrected chi connectivity index (χ1v) is 7.78. The van der Waals surface area contributed by atoms with Crippen molar-refractivity contribution in [3.05, 3.63) is 59.7 Å². The molecule has 0 saturated carbocycles. The van der Waals surface area contributed by atoms with Gasteiger partial charge >= 0.3 is 0 Å². The number of thioether (sulfide) groups is 1. The number of Topliss-reactive ketones (excluding diaryl/α,β-unsaturated/α-hetero) is 1. The molecule has 3 rings (SSSR count). The Balaban J connectivity index is 1.51. The first-order valence-electron chi connectivity index (χ1n) is 6.80. The first kappa shape index (κ1) is 13.3. The molecule has 0 radical (unpaired) electrons. The maximum absolute atomic E-state index is 11.5. The number of hydrogen-bond acceptors (Lipinski definition) is 3. The third-order valence-electron chi connectivity index (χ3n) is 3.36. The van der Waals surface area contributed by atoms with E-state index >= 15 is 0 Å². The second-order valence-electron chi connectivity index (χ2n) is 4.75. The summed E-state index contributed by atoms with van der Waals surface area (Å²) in [6, 6.07) is 16.1. The van der Waals surface area contributed by atoms with Crippen molar-refractivity contribution < 1.29 is 9.53 Å². The standard InChI is InChI=1S/C17H16O2S/c18-17-9-6-13-12-14(7-8-16(13)17)19-10-11-20-15-4-2-1-3-5-15/h1-5,7-8,12H,6,9-11H2. The van der Waals surface area contributed by atoms with Crippen LogP contribution in [-0.4, -0.2) is 18.1 Å². The van der Waals surface area contributed by atoms with Crippen LogP contribution in [0.3, 0.4) is 0 Å². The third-order valence-corrected chi connectivity index (χ3v) is 4.34. The monoisotopic (exact) mass is 284 g/mol. The van der Waals surface area contributed by atoms with Gasteiger partial charge in [0.25, 0.3) is 0 Å². The van der Waals surface area contributed by atoms with Crippen LogP contribution in [0.15, 0.2) is 53.4 Å². The lowest BCUT2D eigenvalue weighted by atomic mass is 10.1. The molecular weight excluding hydrogens is 268 g/mol. The number of aryl methyl sites for hydroxylation is 1. The van der Waals surface area contributed by atoms with E-state index in [4.69, 9.17) is 4.74 Å². The molecular formula is C17H16O2S. The molecule has 0 fully saturated rings. The first-order chi connectivity index (χ1) is 9.83. The van der Waals surface area contributed by atoms with Crippen molar-refractivity contribution in [1.82, 2.24) is 0 Å². The molecule has 0 bridgehead atoms. The second-order valence-corrected chi connectivity index (χ2v) is 5.92. The van der Waals surface area contributed by atoms with Gasteiger partial charge in [0.05, 0.1) is 6.61 Å².